The normalized spacial score (nSPS) is 15.0. The van der Waals surface area contributed by atoms with Crippen molar-refractivity contribution >= 4 is 49.8 Å². The standard InChI is InChI=1S/C46H35NO/c1-45(2)37-16-9-7-14-32(37)35-26-30(21-23-39(35)45)47(41-19-11-18-40-44(41)34-15-8-10-17-38(34)46(40,3)4)31-20-22-33-36-24-28-12-5-6-13-29(28)25-42(36)48-43(33)27-31/h5-27H,1-4H3. The maximum atomic E-state index is 6.63. The molecule has 48 heavy (non-hydrogen) atoms. The van der Waals surface area contributed by atoms with Crippen LogP contribution >= 0.6 is 0 Å². The average Bonchev–Trinajstić information content (AvgIpc) is 3.66. The lowest BCUT2D eigenvalue weighted by atomic mass is 9.82. The van der Waals surface area contributed by atoms with Crippen molar-refractivity contribution in [2.75, 3.05) is 4.90 Å². The Kier molecular flexibility index (Phi) is 5.44. The van der Waals surface area contributed by atoms with Gasteiger partial charge in [0.05, 0.1) is 5.69 Å². The SMILES string of the molecule is CC1(C)c2ccccc2-c2cc(N(c3ccc4c(c3)oc3cc5ccccc5cc34)c3cccc4c3-c3ccccc3C4(C)C)ccc21. The van der Waals surface area contributed by atoms with Crippen LogP contribution in [0.25, 0.3) is 55.0 Å². The minimum absolute atomic E-state index is 0.0526. The third-order valence-corrected chi connectivity index (χ3v) is 11.2. The van der Waals surface area contributed by atoms with E-state index in [2.05, 4.69) is 172 Å². The molecule has 0 unspecified atom stereocenters. The summed E-state index contributed by atoms with van der Waals surface area (Å²) in [5.74, 6) is 0. The van der Waals surface area contributed by atoms with Crippen molar-refractivity contribution in [3.05, 3.63) is 162 Å². The summed E-state index contributed by atoms with van der Waals surface area (Å²) in [5, 5.41) is 4.69. The maximum absolute atomic E-state index is 6.63. The highest BCUT2D eigenvalue weighted by molar-refractivity contribution is 6.11. The number of furan rings is 1. The lowest BCUT2D eigenvalue weighted by Crippen LogP contribution is -2.16. The van der Waals surface area contributed by atoms with Crippen molar-refractivity contribution in [1.82, 2.24) is 0 Å². The maximum Gasteiger partial charge on any atom is 0.137 e. The molecule has 0 saturated carbocycles. The van der Waals surface area contributed by atoms with Crippen molar-refractivity contribution < 1.29 is 4.42 Å². The summed E-state index contributed by atoms with van der Waals surface area (Å²) in [4.78, 5) is 2.45. The van der Waals surface area contributed by atoms with E-state index in [1.165, 1.54) is 61.0 Å². The van der Waals surface area contributed by atoms with E-state index < -0.39 is 0 Å². The molecule has 0 N–H and O–H groups in total. The molecular formula is C46H35NO. The van der Waals surface area contributed by atoms with Crippen LogP contribution in [0.2, 0.25) is 0 Å². The fraction of sp³-hybridized carbons (Fsp3) is 0.130. The van der Waals surface area contributed by atoms with Gasteiger partial charge in [-0.25, -0.2) is 0 Å². The summed E-state index contributed by atoms with van der Waals surface area (Å²) in [5.41, 5.74) is 15.8. The van der Waals surface area contributed by atoms with Crippen LogP contribution in [0.5, 0.6) is 0 Å². The number of benzene rings is 7. The number of rotatable bonds is 3. The summed E-state index contributed by atoms with van der Waals surface area (Å²) < 4.78 is 6.63. The molecule has 2 nitrogen and oxygen atoms in total. The molecule has 0 fully saturated rings. The van der Waals surface area contributed by atoms with Gasteiger partial charge in [0, 0.05) is 44.6 Å². The van der Waals surface area contributed by atoms with Crippen LogP contribution in [0.4, 0.5) is 17.1 Å². The Morgan fingerprint density at radius 1 is 0.438 bits per heavy atom. The second kappa shape index (κ2) is 9.49. The monoisotopic (exact) mass is 617 g/mol. The van der Waals surface area contributed by atoms with Gasteiger partial charge in [-0.15, -0.1) is 0 Å². The zero-order chi connectivity index (χ0) is 32.4. The van der Waals surface area contributed by atoms with Gasteiger partial charge in [-0.05, 0) is 92.2 Å². The van der Waals surface area contributed by atoms with E-state index in [1.807, 2.05) is 0 Å². The average molecular weight is 618 g/mol. The van der Waals surface area contributed by atoms with Gasteiger partial charge in [0.15, 0.2) is 0 Å². The summed E-state index contributed by atoms with van der Waals surface area (Å²) in [7, 11) is 0. The van der Waals surface area contributed by atoms with Crippen LogP contribution in [-0.4, -0.2) is 0 Å². The van der Waals surface area contributed by atoms with Gasteiger partial charge in [-0.2, -0.15) is 0 Å². The number of fused-ring (bicyclic) bond motifs is 10. The topological polar surface area (TPSA) is 16.4 Å². The Balaban J connectivity index is 1.24. The molecule has 0 spiro atoms. The van der Waals surface area contributed by atoms with Crippen LogP contribution < -0.4 is 4.90 Å². The van der Waals surface area contributed by atoms with Crippen LogP contribution in [0.1, 0.15) is 49.9 Å². The molecule has 0 radical (unpaired) electrons. The zero-order valence-electron chi connectivity index (χ0n) is 27.6. The zero-order valence-corrected chi connectivity index (χ0v) is 27.6. The van der Waals surface area contributed by atoms with Crippen LogP contribution in [0.3, 0.4) is 0 Å². The number of anilines is 3. The molecule has 8 aromatic rings. The van der Waals surface area contributed by atoms with Crippen molar-refractivity contribution in [2.24, 2.45) is 0 Å². The molecule has 1 aromatic heterocycles. The minimum Gasteiger partial charge on any atom is -0.456 e. The van der Waals surface area contributed by atoms with Gasteiger partial charge in [0.2, 0.25) is 0 Å². The molecule has 230 valence electrons. The van der Waals surface area contributed by atoms with Crippen LogP contribution in [0, 0.1) is 0 Å². The largest absolute Gasteiger partial charge is 0.456 e. The fourth-order valence-electron chi connectivity index (χ4n) is 8.79. The predicted octanol–water partition coefficient (Wildman–Crippen LogP) is 12.8. The fourth-order valence-corrected chi connectivity index (χ4v) is 8.79. The second-order valence-electron chi connectivity index (χ2n) is 14.6. The van der Waals surface area contributed by atoms with Crippen molar-refractivity contribution in [3.8, 4) is 22.3 Å². The van der Waals surface area contributed by atoms with E-state index in [0.29, 0.717) is 0 Å². The van der Waals surface area contributed by atoms with E-state index in [4.69, 9.17) is 4.42 Å². The molecule has 0 amide bonds. The molecule has 0 aliphatic heterocycles. The number of nitrogens with zero attached hydrogens (tertiary/aromatic N) is 1. The Bertz CT molecular complexity index is 2630. The highest BCUT2D eigenvalue weighted by atomic mass is 16.3. The van der Waals surface area contributed by atoms with E-state index >= 15 is 0 Å². The molecule has 2 heteroatoms. The third kappa shape index (κ3) is 3.63. The quantitative estimate of drug-likeness (QED) is 0.196. The molecular weight excluding hydrogens is 583 g/mol. The van der Waals surface area contributed by atoms with Gasteiger partial charge < -0.3 is 9.32 Å². The van der Waals surface area contributed by atoms with Gasteiger partial charge in [-0.1, -0.05) is 119 Å². The van der Waals surface area contributed by atoms with Crippen molar-refractivity contribution in [3.63, 3.8) is 0 Å². The Hall–Kier alpha value is -5.60. The Labute approximate surface area is 280 Å². The molecule has 2 aliphatic carbocycles. The summed E-state index contributed by atoms with van der Waals surface area (Å²) in [6.45, 7) is 9.39. The first-order valence-electron chi connectivity index (χ1n) is 16.9. The van der Waals surface area contributed by atoms with Gasteiger partial charge >= 0.3 is 0 Å². The van der Waals surface area contributed by atoms with Crippen LogP contribution in [-0.2, 0) is 10.8 Å². The summed E-state index contributed by atoms with van der Waals surface area (Å²) >= 11 is 0. The smallest absolute Gasteiger partial charge is 0.137 e. The summed E-state index contributed by atoms with van der Waals surface area (Å²) in [6, 6.07) is 51.4. The van der Waals surface area contributed by atoms with Crippen LogP contribution in [0.15, 0.2) is 144 Å². The summed E-state index contributed by atoms with van der Waals surface area (Å²) in [6.07, 6.45) is 0. The lowest BCUT2D eigenvalue weighted by Gasteiger charge is -2.29. The van der Waals surface area contributed by atoms with E-state index in [1.54, 1.807) is 0 Å². The highest BCUT2D eigenvalue weighted by Gasteiger charge is 2.39. The first kappa shape index (κ1) is 27.5. The van der Waals surface area contributed by atoms with Gasteiger partial charge in [0.25, 0.3) is 0 Å². The first-order valence-corrected chi connectivity index (χ1v) is 16.9. The lowest BCUT2D eigenvalue weighted by molar-refractivity contribution is 0.660. The minimum atomic E-state index is -0.0980. The first-order chi connectivity index (χ1) is 23.3. The molecule has 10 rings (SSSR count). The number of hydrogen-bond acceptors (Lipinski definition) is 2. The molecule has 0 atom stereocenters. The van der Waals surface area contributed by atoms with E-state index in [-0.39, 0.29) is 10.8 Å². The molecule has 7 aromatic carbocycles. The van der Waals surface area contributed by atoms with Crippen molar-refractivity contribution in [1.29, 1.82) is 0 Å². The molecule has 2 aliphatic rings. The second-order valence-corrected chi connectivity index (χ2v) is 14.6. The molecule has 1 heterocycles. The molecule has 0 saturated heterocycles. The van der Waals surface area contributed by atoms with Gasteiger partial charge in [0.1, 0.15) is 11.2 Å². The van der Waals surface area contributed by atoms with E-state index in [9.17, 15) is 0 Å². The Morgan fingerprint density at radius 3 is 1.83 bits per heavy atom. The Morgan fingerprint density at radius 2 is 1.02 bits per heavy atom. The highest BCUT2D eigenvalue weighted by Crippen LogP contribution is 2.56. The van der Waals surface area contributed by atoms with Gasteiger partial charge in [-0.3, -0.25) is 0 Å². The molecule has 0 bridgehead atoms. The van der Waals surface area contributed by atoms with E-state index in [0.717, 1.165) is 33.3 Å². The van der Waals surface area contributed by atoms with Crippen molar-refractivity contribution in [2.45, 2.75) is 38.5 Å². The predicted molar refractivity (Wildman–Crippen MR) is 201 cm³/mol. The number of hydrogen-bond donors (Lipinski definition) is 0. The third-order valence-electron chi connectivity index (χ3n) is 11.2.